The molecule has 7 nitrogen and oxygen atoms in total. The molecule has 0 aromatic heterocycles. The maximum Gasteiger partial charge on any atom is 0.251 e. The van der Waals surface area contributed by atoms with Crippen LogP contribution >= 0.6 is 11.6 Å². The SMILES string of the molecule is CCN(CC)S(=O)(=O)c1cc(C(=O)NCC(=O)NC2CC2)ccc1Cl. The van der Waals surface area contributed by atoms with Crippen molar-refractivity contribution >= 4 is 33.4 Å². The van der Waals surface area contributed by atoms with Crippen molar-refractivity contribution < 1.29 is 18.0 Å². The van der Waals surface area contributed by atoms with Gasteiger partial charge >= 0.3 is 0 Å². The van der Waals surface area contributed by atoms with Gasteiger partial charge in [-0.1, -0.05) is 25.4 Å². The summed E-state index contributed by atoms with van der Waals surface area (Å²) in [5.74, 6) is -0.792. The van der Waals surface area contributed by atoms with Crippen molar-refractivity contribution in [2.75, 3.05) is 19.6 Å². The quantitative estimate of drug-likeness (QED) is 0.704. The summed E-state index contributed by atoms with van der Waals surface area (Å²) in [5, 5.41) is 5.29. The number of sulfonamides is 1. The number of carbonyl (C=O) groups excluding carboxylic acids is 2. The Bertz CT molecular complexity index is 759. The van der Waals surface area contributed by atoms with Crippen LogP contribution in [-0.4, -0.2) is 50.2 Å². The number of hydrogen-bond acceptors (Lipinski definition) is 4. The Morgan fingerprint density at radius 1 is 1.24 bits per heavy atom. The summed E-state index contributed by atoms with van der Waals surface area (Å²) in [7, 11) is -3.78. The first kappa shape index (κ1) is 19.7. The Morgan fingerprint density at radius 3 is 2.44 bits per heavy atom. The van der Waals surface area contributed by atoms with Gasteiger partial charge in [-0.15, -0.1) is 0 Å². The van der Waals surface area contributed by atoms with Crippen molar-refractivity contribution in [3.63, 3.8) is 0 Å². The van der Waals surface area contributed by atoms with Crippen LogP contribution in [0.3, 0.4) is 0 Å². The molecule has 1 saturated carbocycles. The number of rotatable bonds is 8. The third-order valence-corrected chi connectivity index (χ3v) is 6.40. The van der Waals surface area contributed by atoms with Gasteiger partial charge < -0.3 is 10.6 Å². The van der Waals surface area contributed by atoms with Gasteiger partial charge in [-0.3, -0.25) is 9.59 Å². The largest absolute Gasteiger partial charge is 0.352 e. The Balaban J connectivity index is 2.14. The monoisotopic (exact) mass is 387 g/mol. The average Bonchev–Trinajstić information content (AvgIpc) is 3.37. The van der Waals surface area contributed by atoms with Gasteiger partial charge in [0.15, 0.2) is 0 Å². The summed E-state index contributed by atoms with van der Waals surface area (Å²) >= 11 is 6.03. The molecular weight excluding hydrogens is 366 g/mol. The van der Waals surface area contributed by atoms with Crippen molar-refractivity contribution in [2.45, 2.75) is 37.6 Å². The fourth-order valence-electron chi connectivity index (χ4n) is 2.31. The van der Waals surface area contributed by atoms with Crippen LogP contribution in [0.25, 0.3) is 0 Å². The Labute approximate surface area is 152 Å². The number of hydrogen-bond donors (Lipinski definition) is 2. The minimum absolute atomic E-state index is 0.0509. The highest BCUT2D eigenvalue weighted by atomic mass is 35.5. The first-order valence-electron chi connectivity index (χ1n) is 8.16. The van der Waals surface area contributed by atoms with E-state index in [1.165, 1.54) is 22.5 Å². The highest BCUT2D eigenvalue weighted by Gasteiger charge is 2.26. The molecule has 2 N–H and O–H groups in total. The molecule has 2 rings (SSSR count). The predicted molar refractivity (Wildman–Crippen MR) is 95.1 cm³/mol. The zero-order valence-electron chi connectivity index (χ0n) is 14.2. The van der Waals surface area contributed by atoms with E-state index in [1.54, 1.807) is 13.8 Å². The van der Waals surface area contributed by atoms with Gasteiger partial charge in [0.1, 0.15) is 4.90 Å². The molecule has 0 spiro atoms. The van der Waals surface area contributed by atoms with Gasteiger partial charge in [-0.2, -0.15) is 4.31 Å². The lowest BCUT2D eigenvalue weighted by molar-refractivity contribution is -0.120. The molecule has 0 unspecified atom stereocenters. The molecule has 25 heavy (non-hydrogen) atoms. The molecule has 0 radical (unpaired) electrons. The van der Waals surface area contributed by atoms with E-state index >= 15 is 0 Å². The van der Waals surface area contributed by atoms with Crippen molar-refractivity contribution in [3.05, 3.63) is 28.8 Å². The van der Waals surface area contributed by atoms with Gasteiger partial charge in [0.2, 0.25) is 15.9 Å². The van der Waals surface area contributed by atoms with E-state index in [-0.39, 0.29) is 34.0 Å². The first-order chi connectivity index (χ1) is 11.8. The van der Waals surface area contributed by atoms with E-state index in [0.29, 0.717) is 13.1 Å². The van der Waals surface area contributed by atoms with E-state index in [9.17, 15) is 18.0 Å². The third kappa shape index (κ3) is 4.93. The van der Waals surface area contributed by atoms with Crippen molar-refractivity contribution in [1.82, 2.24) is 14.9 Å². The summed E-state index contributed by atoms with van der Waals surface area (Å²) in [6, 6.07) is 4.25. The van der Waals surface area contributed by atoms with Crippen LogP contribution in [0.5, 0.6) is 0 Å². The molecule has 1 aliphatic rings. The summed E-state index contributed by atoms with van der Waals surface area (Å²) in [4.78, 5) is 23.7. The Morgan fingerprint density at radius 2 is 1.88 bits per heavy atom. The summed E-state index contributed by atoms with van der Waals surface area (Å²) in [5.41, 5.74) is 0.134. The van der Waals surface area contributed by atoms with Gasteiger partial charge in [0.25, 0.3) is 5.91 Å². The molecule has 0 bridgehead atoms. The average molecular weight is 388 g/mol. The van der Waals surface area contributed by atoms with E-state index < -0.39 is 15.9 Å². The predicted octanol–water partition coefficient (Wildman–Crippen LogP) is 1.38. The third-order valence-electron chi connectivity index (χ3n) is 3.87. The van der Waals surface area contributed by atoms with Crippen LogP contribution in [0.1, 0.15) is 37.0 Å². The molecule has 1 aliphatic carbocycles. The van der Waals surface area contributed by atoms with Crippen molar-refractivity contribution in [3.8, 4) is 0 Å². The highest BCUT2D eigenvalue weighted by molar-refractivity contribution is 7.89. The smallest absolute Gasteiger partial charge is 0.251 e. The van der Waals surface area contributed by atoms with Gasteiger partial charge in [-0.05, 0) is 31.0 Å². The molecular formula is C16H22ClN3O4S. The van der Waals surface area contributed by atoms with Gasteiger partial charge in [0.05, 0.1) is 11.6 Å². The first-order valence-corrected chi connectivity index (χ1v) is 9.98. The maximum atomic E-state index is 12.6. The van der Waals surface area contributed by atoms with E-state index in [4.69, 9.17) is 11.6 Å². The number of amides is 2. The van der Waals surface area contributed by atoms with E-state index in [0.717, 1.165) is 12.8 Å². The fraction of sp³-hybridized carbons (Fsp3) is 0.500. The second-order valence-corrected chi connectivity index (χ2v) is 8.07. The molecule has 0 aliphatic heterocycles. The molecule has 0 saturated heterocycles. The molecule has 1 fully saturated rings. The van der Waals surface area contributed by atoms with Crippen molar-refractivity contribution in [2.24, 2.45) is 0 Å². The standard InChI is InChI=1S/C16H22ClN3O4S/c1-3-20(4-2)25(23,24)14-9-11(5-8-13(14)17)16(22)18-10-15(21)19-12-6-7-12/h5,8-9,12H,3-4,6-7,10H2,1-2H3,(H,18,22)(H,19,21). The number of benzene rings is 1. The normalized spacial score (nSPS) is 14.4. The molecule has 1 aromatic carbocycles. The summed E-state index contributed by atoms with van der Waals surface area (Å²) < 4.78 is 26.5. The molecule has 0 heterocycles. The van der Waals surface area contributed by atoms with Crippen LogP contribution in [0.15, 0.2) is 23.1 Å². The lowest BCUT2D eigenvalue weighted by atomic mass is 10.2. The number of nitrogens with zero attached hydrogens (tertiary/aromatic N) is 1. The fourth-order valence-corrected chi connectivity index (χ4v) is 4.27. The Hall–Kier alpha value is -1.64. The summed E-state index contributed by atoms with van der Waals surface area (Å²) in [6.07, 6.45) is 1.92. The molecule has 0 atom stereocenters. The molecule has 2 amide bonds. The minimum atomic E-state index is -3.78. The minimum Gasteiger partial charge on any atom is -0.352 e. The van der Waals surface area contributed by atoms with Crippen LogP contribution in [-0.2, 0) is 14.8 Å². The zero-order chi connectivity index (χ0) is 18.6. The lowest BCUT2D eigenvalue weighted by Gasteiger charge is -2.19. The van der Waals surface area contributed by atoms with Crippen LogP contribution < -0.4 is 10.6 Å². The molecule has 138 valence electrons. The number of halogens is 1. The molecule has 1 aromatic rings. The van der Waals surface area contributed by atoms with Gasteiger partial charge in [0, 0.05) is 24.7 Å². The van der Waals surface area contributed by atoms with Crippen LogP contribution in [0, 0.1) is 0 Å². The second kappa shape index (κ2) is 8.16. The highest BCUT2D eigenvalue weighted by Crippen LogP contribution is 2.26. The topological polar surface area (TPSA) is 95.6 Å². The van der Waals surface area contributed by atoms with Gasteiger partial charge in [-0.25, -0.2) is 8.42 Å². The van der Waals surface area contributed by atoms with E-state index in [1.807, 2.05) is 0 Å². The second-order valence-electron chi connectivity index (χ2n) is 5.76. The zero-order valence-corrected chi connectivity index (χ0v) is 15.8. The van der Waals surface area contributed by atoms with Crippen molar-refractivity contribution in [1.29, 1.82) is 0 Å². The van der Waals surface area contributed by atoms with Crippen LogP contribution in [0.2, 0.25) is 5.02 Å². The lowest BCUT2D eigenvalue weighted by Crippen LogP contribution is -2.38. The maximum absolute atomic E-state index is 12.6. The van der Waals surface area contributed by atoms with E-state index in [2.05, 4.69) is 10.6 Å². The van der Waals surface area contributed by atoms with Crippen LogP contribution in [0.4, 0.5) is 0 Å². The number of carbonyl (C=O) groups is 2. The summed E-state index contributed by atoms with van der Waals surface area (Å²) in [6.45, 7) is 3.89. The Kier molecular flexibility index (Phi) is 6.42. The number of nitrogens with one attached hydrogen (secondary N) is 2. The molecule has 9 heteroatoms.